The van der Waals surface area contributed by atoms with Crippen LogP contribution < -0.4 is 0 Å². The fourth-order valence-electron chi connectivity index (χ4n) is 4.25. The van der Waals surface area contributed by atoms with Crippen molar-refractivity contribution in [3.63, 3.8) is 0 Å². The van der Waals surface area contributed by atoms with Crippen molar-refractivity contribution in [2.75, 3.05) is 0 Å². The number of benzene rings is 2. The molecule has 2 aromatic carbocycles. The smallest absolute Gasteiger partial charge is 0.102 e. The predicted molar refractivity (Wildman–Crippen MR) is 109 cm³/mol. The highest BCUT2D eigenvalue weighted by atomic mass is 14.9. The van der Waals surface area contributed by atoms with Gasteiger partial charge in [-0.2, -0.15) is 0 Å². The molecule has 0 amide bonds. The number of allylic oxidation sites excluding steroid dienone is 3. The zero-order chi connectivity index (χ0) is 17.3. The molecule has 0 N–H and O–H groups in total. The minimum absolute atomic E-state index is 0.0815. The maximum absolute atomic E-state index is 4.82. The summed E-state index contributed by atoms with van der Waals surface area (Å²) in [6, 6.07) is 21.4. The summed E-state index contributed by atoms with van der Waals surface area (Å²) in [5.41, 5.74) is 6.40. The highest BCUT2D eigenvalue weighted by molar-refractivity contribution is 5.89. The normalized spacial score (nSPS) is 26.3. The van der Waals surface area contributed by atoms with E-state index in [2.05, 4.69) is 85.1 Å². The standard InChI is InChI=1S/C24H20N2/c1-3-7-17(8-4-1)19-13-15-25-23-21(19)11-12-22-20(14-16-26-24(22)23)18-9-5-2-6-10-18/h1-13,15-16,20-21,23H,14H2. The van der Waals surface area contributed by atoms with Crippen LogP contribution in [-0.4, -0.2) is 18.5 Å². The molecule has 3 unspecified atom stereocenters. The molecule has 0 radical (unpaired) electrons. The minimum atomic E-state index is 0.0815. The Morgan fingerprint density at radius 2 is 1.65 bits per heavy atom. The fraction of sp³-hybridized carbons (Fsp3) is 0.167. The molecule has 3 aliphatic rings. The number of nitrogens with zero attached hydrogens (tertiary/aromatic N) is 2. The first-order valence-electron chi connectivity index (χ1n) is 9.20. The molecule has 126 valence electrons. The third-order valence-corrected chi connectivity index (χ3v) is 5.52. The van der Waals surface area contributed by atoms with Crippen LogP contribution in [0.15, 0.2) is 100 Å². The lowest BCUT2D eigenvalue weighted by Crippen LogP contribution is -2.29. The predicted octanol–water partition coefficient (Wildman–Crippen LogP) is 5.22. The molecule has 3 atom stereocenters. The van der Waals surface area contributed by atoms with Crippen LogP contribution in [-0.2, 0) is 0 Å². The summed E-state index contributed by atoms with van der Waals surface area (Å²) in [6.45, 7) is 0. The van der Waals surface area contributed by atoms with E-state index < -0.39 is 0 Å². The largest absolute Gasteiger partial charge is 0.282 e. The van der Waals surface area contributed by atoms with Crippen molar-refractivity contribution < 1.29 is 0 Å². The number of hydrogen-bond acceptors (Lipinski definition) is 2. The van der Waals surface area contributed by atoms with Gasteiger partial charge < -0.3 is 0 Å². The Bertz CT molecular complexity index is 962. The van der Waals surface area contributed by atoms with Crippen molar-refractivity contribution in [2.24, 2.45) is 15.9 Å². The van der Waals surface area contributed by atoms with E-state index in [4.69, 9.17) is 9.98 Å². The first-order chi connectivity index (χ1) is 12.9. The third kappa shape index (κ3) is 2.50. The van der Waals surface area contributed by atoms with E-state index in [1.54, 1.807) is 0 Å². The van der Waals surface area contributed by atoms with Gasteiger partial charge in [0.15, 0.2) is 0 Å². The first-order valence-corrected chi connectivity index (χ1v) is 9.20. The second-order valence-corrected chi connectivity index (χ2v) is 6.97. The number of dihydropyridines is 1. The van der Waals surface area contributed by atoms with Crippen molar-refractivity contribution in [3.05, 3.63) is 101 Å². The Hall–Kier alpha value is -3.00. The van der Waals surface area contributed by atoms with Crippen molar-refractivity contribution in [3.8, 4) is 0 Å². The Kier molecular flexibility index (Phi) is 3.75. The van der Waals surface area contributed by atoms with Crippen molar-refractivity contribution in [2.45, 2.75) is 18.4 Å². The van der Waals surface area contributed by atoms with Gasteiger partial charge in [-0.05, 0) is 34.8 Å². The van der Waals surface area contributed by atoms with Gasteiger partial charge in [0, 0.05) is 24.3 Å². The van der Waals surface area contributed by atoms with Crippen LogP contribution in [0.25, 0.3) is 5.57 Å². The molecule has 26 heavy (non-hydrogen) atoms. The summed E-state index contributed by atoms with van der Waals surface area (Å²) in [5.74, 6) is 0.634. The third-order valence-electron chi connectivity index (χ3n) is 5.52. The highest BCUT2D eigenvalue weighted by Gasteiger charge is 2.35. The van der Waals surface area contributed by atoms with Crippen LogP contribution in [0.3, 0.4) is 0 Å². The molecule has 1 aliphatic carbocycles. The summed E-state index contributed by atoms with van der Waals surface area (Å²) in [6.07, 6.45) is 11.7. The zero-order valence-corrected chi connectivity index (χ0v) is 14.5. The second-order valence-electron chi connectivity index (χ2n) is 6.97. The second kappa shape index (κ2) is 6.38. The van der Waals surface area contributed by atoms with Crippen molar-refractivity contribution in [1.29, 1.82) is 0 Å². The van der Waals surface area contributed by atoms with Gasteiger partial charge in [-0.15, -0.1) is 0 Å². The Morgan fingerprint density at radius 3 is 2.46 bits per heavy atom. The van der Waals surface area contributed by atoms with Crippen LogP contribution in [0.4, 0.5) is 0 Å². The average Bonchev–Trinajstić information content (AvgIpc) is 2.74. The monoisotopic (exact) mass is 336 g/mol. The van der Waals surface area contributed by atoms with E-state index in [9.17, 15) is 0 Å². The number of fused-ring (bicyclic) bond motifs is 2. The van der Waals surface area contributed by atoms with Crippen LogP contribution in [0.1, 0.15) is 23.5 Å². The van der Waals surface area contributed by atoms with Gasteiger partial charge in [0.1, 0.15) is 6.04 Å². The summed E-state index contributed by atoms with van der Waals surface area (Å²) in [4.78, 5) is 9.62. The van der Waals surface area contributed by atoms with Crippen LogP contribution in [0, 0.1) is 5.92 Å². The Balaban J connectivity index is 1.54. The highest BCUT2D eigenvalue weighted by Crippen LogP contribution is 2.44. The van der Waals surface area contributed by atoms with Gasteiger partial charge in [0.05, 0.1) is 5.70 Å². The summed E-state index contributed by atoms with van der Waals surface area (Å²) < 4.78 is 0. The van der Waals surface area contributed by atoms with Gasteiger partial charge in [0.25, 0.3) is 0 Å². The maximum atomic E-state index is 4.82. The van der Waals surface area contributed by atoms with Crippen LogP contribution in [0.2, 0.25) is 0 Å². The molecular formula is C24H20N2. The molecule has 5 rings (SSSR count). The van der Waals surface area contributed by atoms with Gasteiger partial charge in [-0.25, -0.2) is 0 Å². The van der Waals surface area contributed by atoms with Crippen LogP contribution >= 0.6 is 0 Å². The van der Waals surface area contributed by atoms with Crippen molar-refractivity contribution >= 4 is 18.0 Å². The van der Waals surface area contributed by atoms with Crippen LogP contribution in [0.5, 0.6) is 0 Å². The topological polar surface area (TPSA) is 24.7 Å². The first kappa shape index (κ1) is 15.3. The van der Waals surface area contributed by atoms with Gasteiger partial charge in [-0.3, -0.25) is 9.98 Å². The summed E-state index contributed by atoms with van der Waals surface area (Å²) in [7, 11) is 0. The molecule has 0 bridgehead atoms. The summed E-state index contributed by atoms with van der Waals surface area (Å²) >= 11 is 0. The molecule has 2 aliphatic heterocycles. The molecule has 0 fully saturated rings. The van der Waals surface area contributed by atoms with Gasteiger partial charge >= 0.3 is 0 Å². The maximum Gasteiger partial charge on any atom is 0.102 e. The number of rotatable bonds is 2. The lowest BCUT2D eigenvalue weighted by molar-refractivity contribution is 0.629. The fourth-order valence-corrected chi connectivity index (χ4v) is 4.25. The van der Waals surface area contributed by atoms with E-state index in [-0.39, 0.29) is 12.0 Å². The zero-order valence-electron chi connectivity index (χ0n) is 14.5. The van der Waals surface area contributed by atoms with E-state index in [0.717, 1.165) is 12.1 Å². The molecule has 0 saturated heterocycles. The number of hydrogen-bond donors (Lipinski definition) is 0. The number of aliphatic imine (C=N–C) groups is 2. The molecule has 2 heterocycles. The van der Waals surface area contributed by atoms with E-state index in [0.29, 0.717) is 5.92 Å². The quantitative estimate of drug-likeness (QED) is 0.718. The Labute approximate surface area is 154 Å². The average molecular weight is 336 g/mol. The lowest BCUT2D eigenvalue weighted by atomic mass is 9.75. The van der Waals surface area contributed by atoms with Crippen molar-refractivity contribution in [1.82, 2.24) is 0 Å². The lowest BCUT2D eigenvalue weighted by Gasteiger charge is -2.35. The van der Waals surface area contributed by atoms with Gasteiger partial charge in [0.2, 0.25) is 0 Å². The molecule has 0 spiro atoms. The van der Waals surface area contributed by atoms with E-state index in [1.165, 1.54) is 22.3 Å². The molecule has 2 nitrogen and oxygen atoms in total. The molecule has 0 aromatic heterocycles. The molecule has 2 heteroatoms. The molecule has 2 aromatic rings. The van der Waals surface area contributed by atoms with E-state index in [1.807, 2.05) is 6.21 Å². The SMILES string of the molecule is C1=CC2C(c3ccccc3)=CC=NC2C2=C1C(c1ccccc1)CC=N2. The van der Waals surface area contributed by atoms with Gasteiger partial charge in [-0.1, -0.05) is 72.8 Å². The molecular weight excluding hydrogens is 316 g/mol. The molecule has 0 saturated carbocycles. The Morgan fingerprint density at radius 1 is 0.885 bits per heavy atom. The minimum Gasteiger partial charge on any atom is -0.282 e. The van der Waals surface area contributed by atoms with E-state index >= 15 is 0 Å². The summed E-state index contributed by atoms with van der Waals surface area (Å²) in [5, 5.41) is 0.